The highest BCUT2D eigenvalue weighted by Gasteiger charge is 2.53. The first-order valence-electron chi connectivity index (χ1n) is 7.57. The highest BCUT2D eigenvalue weighted by Crippen LogP contribution is 2.38. The van der Waals surface area contributed by atoms with Gasteiger partial charge in [0.1, 0.15) is 5.75 Å². The maximum Gasteiger partial charge on any atom is 0.394 e. The fourth-order valence-corrected chi connectivity index (χ4v) is 2.72. The number of rotatable bonds is 6. The summed E-state index contributed by atoms with van der Waals surface area (Å²) in [5.41, 5.74) is -0.326. The van der Waals surface area contributed by atoms with E-state index in [2.05, 4.69) is 0 Å². The van der Waals surface area contributed by atoms with Crippen LogP contribution in [0, 0.1) is 22.0 Å². The van der Waals surface area contributed by atoms with Gasteiger partial charge in [-0.25, -0.2) is 0 Å². The molecule has 0 bridgehead atoms. The summed E-state index contributed by atoms with van der Waals surface area (Å²) >= 11 is 0. The van der Waals surface area contributed by atoms with E-state index in [4.69, 9.17) is 14.6 Å². The maximum absolute atomic E-state index is 12.9. The minimum absolute atomic E-state index is 0.0344. The molecule has 0 spiro atoms. The van der Waals surface area contributed by atoms with Gasteiger partial charge in [0.25, 0.3) is 5.91 Å². The number of carbonyl (C=O) groups is 2. The molecule has 0 aromatic heterocycles. The van der Waals surface area contributed by atoms with E-state index in [1.807, 2.05) is 0 Å². The van der Waals surface area contributed by atoms with Crippen molar-refractivity contribution in [3.8, 4) is 11.5 Å². The van der Waals surface area contributed by atoms with E-state index in [9.17, 15) is 32.9 Å². The van der Waals surface area contributed by atoms with Crippen LogP contribution in [0.5, 0.6) is 11.5 Å². The summed E-state index contributed by atoms with van der Waals surface area (Å²) in [6, 6.07) is 3.46. The molecule has 1 N–H and O–H groups in total. The predicted molar refractivity (Wildman–Crippen MR) is 82.4 cm³/mol. The summed E-state index contributed by atoms with van der Waals surface area (Å²) in [5, 5.41) is 19.8. The van der Waals surface area contributed by atoms with Gasteiger partial charge in [0.15, 0.2) is 6.61 Å². The minimum atomic E-state index is -4.75. The molecule has 1 heterocycles. The number of carbonyl (C=O) groups excluding carboxylic acids is 1. The van der Waals surface area contributed by atoms with Gasteiger partial charge in [-0.1, -0.05) is 0 Å². The van der Waals surface area contributed by atoms with Gasteiger partial charge in [-0.3, -0.25) is 19.7 Å². The number of aliphatic carboxylic acids is 1. The summed E-state index contributed by atoms with van der Waals surface area (Å²) < 4.78 is 48.8. The average molecular weight is 392 g/mol. The van der Waals surface area contributed by atoms with Gasteiger partial charge >= 0.3 is 17.8 Å². The number of carboxylic acid groups (broad SMARTS) is 1. The molecule has 1 fully saturated rings. The molecule has 12 heteroatoms. The average Bonchev–Trinajstić information content (AvgIpc) is 3.05. The van der Waals surface area contributed by atoms with Crippen molar-refractivity contribution in [2.75, 3.05) is 26.8 Å². The van der Waals surface area contributed by atoms with Gasteiger partial charge in [0.2, 0.25) is 5.75 Å². The Labute approximate surface area is 150 Å². The number of nitro benzene ring substituents is 1. The normalized spacial score (nSPS) is 19.6. The predicted octanol–water partition coefficient (Wildman–Crippen LogP) is 1.70. The first kappa shape index (κ1) is 20.3. The third kappa shape index (κ3) is 4.57. The van der Waals surface area contributed by atoms with E-state index >= 15 is 0 Å². The van der Waals surface area contributed by atoms with E-state index < -0.39 is 54.5 Å². The Morgan fingerprint density at radius 2 is 2.04 bits per heavy atom. The second-order valence-electron chi connectivity index (χ2n) is 5.77. The van der Waals surface area contributed by atoms with E-state index in [1.165, 1.54) is 13.2 Å². The first-order valence-corrected chi connectivity index (χ1v) is 7.57. The van der Waals surface area contributed by atoms with Gasteiger partial charge in [0, 0.05) is 25.2 Å². The Morgan fingerprint density at radius 1 is 1.37 bits per heavy atom. The number of carboxylic acids is 1. The van der Waals surface area contributed by atoms with Crippen LogP contribution in [0.4, 0.5) is 18.9 Å². The minimum Gasteiger partial charge on any atom is -0.490 e. The number of nitro groups is 1. The van der Waals surface area contributed by atoms with Crippen LogP contribution >= 0.6 is 0 Å². The lowest BCUT2D eigenvalue weighted by atomic mass is 9.96. The van der Waals surface area contributed by atoms with Crippen LogP contribution in [-0.4, -0.2) is 59.8 Å². The number of amides is 1. The van der Waals surface area contributed by atoms with Crippen LogP contribution in [-0.2, 0) is 9.59 Å². The van der Waals surface area contributed by atoms with Gasteiger partial charge in [-0.05, 0) is 6.07 Å². The first-order chi connectivity index (χ1) is 12.5. The lowest BCUT2D eigenvalue weighted by Gasteiger charge is -2.18. The number of halogens is 3. The van der Waals surface area contributed by atoms with Crippen molar-refractivity contribution < 1.29 is 42.3 Å². The highest BCUT2D eigenvalue weighted by molar-refractivity contribution is 5.80. The molecule has 1 amide bonds. The summed E-state index contributed by atoms with van der Waals surface area (Å²) in [6.07, 6.45) is -4.75. The smallest absolute Gasteiger partial charge is 0.394 e. The van der Waals surface area contributed by atoms with Crippen LogP contribution in [0.2, 0.25) is 0 Å². The summed E-state index contributed by atoms with van der Waals surface area (Å²) in [7, 11) is 1.20. The number of hydrogen-bond donors (Lipinski definition) is 1. The molecular formula is C15H15F3N2O7. The molecule has 2 rings (SSSR count). The molecule has 27 heavy (non-hydrogen) atoms. The van der Waals surface area contributed by atoms with Crippen molar-refractivity contribution in [3.63, 3.8) is 0 Å². The van der Waals surface area contributed by atoms with Crippen molar-refractivity contribution >= 4 is 17.6 Å². The van der Waals surface area contributed by atoms with E-state index in [0.29, 0.717) is 0 Å². The number of methoxy groups -OCH3 is 1. The summed E-state index contributed by atoms with van der Waals surface area (Å²) in [4.78, 5) is 34.0. The quantitative estimate of drug-likeness (QED) is 0.578. The lowest BCUT2D eigenvalue weighted by molar-refractivity contribution is -0.385. The van der Waals surface area contributed by atoms with Gasteiger partial charge in [-0.15, -0.1) is 0 Å². The molecule has 0 unspecified atom stereocenters. The number of likely N-dealkylation sites (tertiary alicyclic amines) is 1. The molecule has 1 saturated heterocycles. The maximum atomic E-state index is 12.9. The Balaban J connectivity index is 2.04. The second-order valence-corrected chi connectivity index (χ2v) is 5.77. The van der Waals surface area contributed by atoms with Crippen molar-refractivity contribution in [3.05, 3.63) is 28.3 Å². The number of nitrogens with zero attached hydrogens (tertiary/aromatic N) is 2. The molecule has 9 nitrogen and oxygen atoms in total. The molecule has 0 radical (unpaired) electrons. The van der Waals surface area contributed by atoms with Gasteiger partial charge in [0.05, 0.1) is 23.9 Å². The van der Waals surface area contributed by atoms with Crippen molar-refractivity contribution in [2.24, 2.45) is 11.8 Å². The number of alkyl halides is 3. The third-order valence-corrected chi connectivity index (χ3v) is 4.12. The molecule has 148 valence electrons. The Bertz CT molecular complexity index is 753. The van der Waals surface area contributed by atoms with Gasteiger partial charge < -0.3 is 19.5 Å². The zero-order valence-corrected chi connectivity index (χ0v) is 13.9. The Hall–Kier alpha value is -3.05. The number of ether oxygens (including phenoxy) is 2. The molecule has 1 aliphatic rings. The van der Waals surface area contributed by atoms with Crippen LogP contribution in [0.25, 0.3) is 0 Å². The van der Waals surface area contributed by atoms with Crippen molar-refractivity contribution in [2.45, 2.75) is 6.18 Å². The van der Waals surface area contributed by atoms with Crippen LogP contribution in [0.3, 0.4) is 0 Å². The van der Waals surface area contributed by atoms with Crippen LogP contribution in [0.1, 0.15) is 0 Å². The van der Waals surface area contributed by atoms with E-state index in [1.54, 1.807) is 0 Å². The molecule has 1 aromatic rings. The zero-order chi connectivity index (χ0) is 20.4. The molecular weight excluding hydrogens is 377 g/mol. The topological polar surface area (TPSA) is 119 Å². The van der Waals surface area contributed by atoms with Crippen molar-refractivity contribution in [1.29, 1.82) is 0 Å². The number of benzene rings is 1. The second kappa shape index (κ2) is 7.68. The third-order valence-electron chi connectivity index (χ3n) is 4.12. The number of hydrogen-bond acceptors (Lipinski definition) is 6. The molecule has 0 aliphatic carbocycles. The Kier molecular flexibility index (Phi) is 5.76. The van der Waals surface area contributed by atoms with Crippen LogP contribution in [0.15, 0.2) is 18.2 Å². The molecule has 0 saturated carbocycles. The fourth-order valence-electron chi connectivity index (χ4n) is 2.72. The van der Waals surface area contributed by atoms with E-state index in [-0.39, 0.29) is 17.2 Å². The summed E-state index contributed by atoms with van der Waals surface area (Å²) in [6.45, 7) is -2.00. The monoisotopic (exact) mass is 392 g/mol. The lowest BCUT2D eigenvalue weighted by Crippen LogP contribution is -2.35. The van der Waals surface area contributed by atoms with Crippen molar-refractivity contribution in [1.82, 2.24) is 4.90 Å². The highest BCUT2D eigenvalue weighted by atomic mass is 19.4. The van der Waals surface area contributed by atoms with E-state index in [0.717, 1.165) is 17.0 Å². The Morgan fingerprint density at radius 3 is 2.52 bits per heavy atom. The zero-order valence-electron chi connectivity index (χ0n) is 13.9. The molecule has 1 aliphatic heterocycles. The van der Waals surface area contributed by atoms with Crippen LogP contribution < -0.4 is 9.47 Å². The summed E-state index contributed by atoms with van der Waals surface area (Å²) in [5.74, 6) is -6.44. The molecule has 2 atom stereocenters. The fraction of sp³-hybridized carbons (Fsp3) is 0.467. The molecule has 1 aromatic carbocycles. The standard InChI is InChI=1S/C15H15F3N2O7/c1-26-12-4-8(2-3-11(12)20(24)25)27-7-13(21)19-5-9(14(22)23)10(6-19)15(16,17)18/h2-4,9-10H,5-7H2,1H3,(H,22,23)/t9-,10-/m1/s1. The SMILES string of the molecule is COc1cc(OCC(=O)N2C[C@@H](C(F)(F)F)[C@H](C(=O)O)C2)ccc1[N+](=O)[O-]. The largest absolute Gasteiger partial charge is 0.490 e. The van der Waals surface area contributed by atoms with Gasteiger partial charge in [-0.2, -0.15) is 13.2 Å².